The van der Waals surface area contributed by atoms with Gasteiger partial charge in [-0.15, -0.1) is 0 Å². The van der Waals surface area contributed by atoms with E-state index in [2.05, 4.69) is 0 Å². The zero-order chi connectivity index (χ0) is 12.5. The summed E-state index contributed by atoms with van der Waals surface area (Å²) in [5.74, 6) is -0.132. The molecule has 0 aromatic carbocycles. The third-order valence-electron chi connectivity index (χ3n) is 3.46. The lowest BCUT2D eigenvalue weighted by Crippen LogP contribution is -2.18. The van der Waals surface area contributed by atoms with Crippen LogP contribution < -0.4 is 0 Å². The zero-order valence-electron chi connectivity index (χ0n) is 11.0. The first-order valence-corrected chi connectivity index (χ1v) is 7.04. The highest BCUT2D eigenvalue weighted by atomic mass is 16.5. The number of hydrogen-bond acceptors (Lipinski definition) is 3. The molecule has 0 aromatic rings. The molecule has 0 bridgehead atoms. The topological polar surface area (TPSA) is 46.5 Å². The standard InChI is InChI=1S/C8H14O2.C6H12O/c1-7(9)10-8-5-3-2-4-6-8;7-6-4-2-1-3-5-6/h8H,2-6H2,1H3;6-7H,1-5H2. The van der Waals surface area contributed by atoms with E-state index in [0.29, 0.717) is 0 Å². The molecule has 3 nitrogen and oxygen atoms in total. The third kappa shape index (κ3) is 7.37. The summed E-state index contributed by atoms with van der Waals surface area (Å²) in [5, 5.41) is 8.91. The molecule has 0 aliphatic heterocycles. The van der Waals surface area contributed by atoms with E-state index >= 15 is 0 Å². The van der Waals surface area contributed by atoms with Crippen LogP contribution in [0.4, 0.5) is 0 Å². The van der Waals surface area contributed by atoms with Crippen molar-refractivity contribution in [2.24, 2.45) is 0 Å². The fourth-order valence-electron chi connectivity index (χ4n) is 2.50. The maximum atomic E-state index is 10.5. The zero-order valence-corrected chi connectivity index (χ0v) is 11.0. The molecule has 0 heterocycles. The summed E-state index contributed by atoms with van der Waals surface area (Å²) in [5.41, 5.74) is 0. The Labute approximate surface area is 105 Å². The number of rotatable bonds is 1. The molecule has 100 valence electrons. The number of hydrogen-bond donors (Lipinski definition) is 1. The van der Waals surface area contributed by atoms with E-state index in [9.17, 15) is 4.79 Å². The second-order valence-corrected chi connectivity index (χ2v) is 5.16. The summed E-state index contributed by atoms with van der Waals surface area (Å²) >= 11 is 0. The molecule has 0 radical (unpaired) electrons. The summed E-state index contributed by atoms with van der Waals surface area (Å²) < 4.78 is 5.05. The van der Waals surface area contributed by atoms with Crippen molar-refractivity contribution in [2.75, 3.05) is 0 Å². The quantitative estimate of drug-likeness (QED) is 0.718. The van der Waals surface area contributed by atoms with E-state index in [4.69, 9.17) is 9.84 Å². The Bertz CT molecular complexity index is 204. The van der Waals surface area contributed by atoms with Crippen LogP contribution >= 0.6 is 0 Å². The minimum atomic E-state index is -0.132. The Morgan fingerprint density at radius 2 is 1.41 bits per heavy atom. The van der Waals surface area contributed by atoms with Crippen LogP contribution in [0.25, 0.3) is 0 Å². The van der Waals surface area contributed by atoms with Gasteiger partial charge in [0, 0.05) is 6.92 Å². The summed E-state index contributed by atoms with van der Waals surface area (Å²) in [6, 6.07) is 0. The minimum absolute atomic E-state index is 0.0359. The third-order valence-corrected chi connectivity index (χ3v) is 3.46. The van der Waals surface area contributed by atoms with Crippen LogP contribution in [0.1, 0.15) is 71.1 Å². The maximum Gasteiger partial charge on any atom is 0.302 e. The first kappa shape index (κ1) is 14.5. The van der Waals surface area contributed by atoms with E-state index in [1.54, 1.807) is 0 Å². The summed E-state index contributed by atoms with van der Waals surface area (Å²) in [6.45, 7) is 1.48. The molecule has 1 N–H and O–H groups in total. The van der Waals surface area contributed by atoms with E-state index in [1.165, 1.54) is 45.4 Å². The molecule has 2 rings (SSSR count). The molecule has 17 heavy (non-hydrogen) atoms. The van der Waals surface area contributed by atoms with Gasteiger partial charge in [-0.1, -0.05) is 25.7 Å². The molecule has 2 aliphatic carbocycles. The average Bonchev–Trinajstić information content (AvgIpc) is 2.31. The number of carbonyl (C=O) groups is 1. The number of aliphatic hydroxyl groups is 1. The molecule has 0 aromatic heterocycles. The molecule has 2 aliphatic rings. The molecule has 0 atom stereocenters. The van der Waals surface area contributed by atoms with Crippen LogP contribution in [0.5, 0.6) is 0 Å². The van der Waals surface area contributed by atoms with Crippen molar-refractivity contribution in [2.45, 2.75) is 83.3 Å². The molecule has 0 amide bonds. The van der Waals surface area contributed by atoms with Crippen molar-refractivity contribution in [1.82, 2.24) is 0 Å². The van der Waals surface area contributed by atoms with Gasteiger partial charge in [0.2, 0.25) is 0 Å². The van der Waals surface area contributed by atoms with Crippen molar-refractivity contribution in [3.05, 3.63) is 0 Å². The molecule has 0 saturated heterocycles. The first-order chi connectivity index (χ1) is 8.18. The van der Waals surface area contributed by atoms with E-state index in [-0.39, 0.29) is 18.2 Å². The van der Waals surface area contributed by atoms with Gasteiger partial charge in [-0.2, -0.15) is 0 Å². The van der Waals surface area contributed by atoms with E-state index in [1.807, 2.05) is 0 Å². The second kappa shape index (κ2) is 8.51. The Hall–Kier alpha value is -0.570. The van der Waals surface area contributed by atoms with Crippen LogP contribution in [0, 0.1) is 0 Å². The molecular formula is C14H26O3. The largest absolute Gasteiger partial charge is 0.463 e. The molecule has 2 saturated carbocycles. The van der Waals surface area contributed by atoms with Crippen molar-refractivity contribution in [1.29, 1.82) is 0 Å². The maximum absolute atomic E-state index is 10.5. The highest BCUT2D eigenvalue weighted by Crippen LogP contribution is 2.20. The summed E-state index contributed by atoms with van der Waals surface area (Å²) in [6.07, 6.45) is 12.0. The lowest BCUT2D eigenvalue weighted by atomic mass is 9.98. The molecule has 0 unspecified atom stereocenters. The number of aliphatic hydroxyl groups excluding tert-OH is 1. The van der Waals surface area contributed by atoms with Gasteiger partial charge < -0.3 is 9.84 Å². The van der Waals surface area contributed by atoms with Gasteiger partial charge in [0.25, 0.3) is 0 Å². The molecule has 0 spiro atoms. The normalized spacial score (nSPS) is 22.5. The highest BCUT2D eigenvalue weighted by Gasteiger charge is 2.14. The van der Waals surface area contributed by atoms with Crippen LogP contribution in [-0.4, -0.2) is 23.3 Å². The van der Waals surface area contributed by atoms with Gasteiger partial charge in [-0.25, -0.2) is 0 Å². The Kier molecular flexibility index (Phi) is 7.25. The summed E-state index contributed by atoms with van der Waals surface area (Å²) in [7, 11) is 0. The fraction of sp³-hybridized carbons (Fsp3) is 0.929. The minimum Gasteiger partial charge on any atom is -0.463 e. The van der Waals surface area contributed by atoms with Crippen LogP contribution in [0.15, 0.2) is 0 Å². The van der Waals surface area contributed by atoms with Crippen LogP contribution in [-0.2, 0) is 9.53 Å². The van der Waals surface area contributed by atoms with Gasteiger partial charge >= 0.3 is 5.97 Å². The monoisotopic (exact) mass is 242 g/mol. The number of esters is 1. The lowest BCUT2D eigenvalue weighted by molar-refractivity contribution is -0.147. The van der Waals surface area contributed by atoms with Gasteiger partial charge in [0.05, 0.1) is 6.10 Å². The van der Waals surface area contributed by atoms with Gasteiger partial charge in [0.15, 0.2) is 0 Å². The van der Waals surface area contributed by atoms with Crippen molar-refractivity contribution in [3.63, 3.8) is 0 Å². The molecule has 2 fully saturated rings. The smallest absolute Gasteiger partial charge is 0.302 e. The Balaban J connectivity index is 0.000000181. The van der Waals surface area contributed by atoms with Crippen molar-refractivity contribution >= 4 is 5.97 Å². The predicted octanol–water partition coefficient (Wildman–Crippen LogP) is 3.19. The van der Waals surface area contributed by atoms with Crippen LogP contribution in [0.3, 0.4) is 0 Å². The Morgan fingerprint density at radius 1 is 0.941 bits per heavy atom. The first-order valence-electron chi connectivity index (χ1n) is 7.04. The number of ether oxygens (including phenoxy) is 1. The van der Waals surface area contributed by atoms with Crippen LogP contribution in [0.2, 0.25) is 0 Å². The SMILES string of the molecule is CC(=O)OC1CCCCC1.OC1CCCCC1. The van der Waals surface area contributed by atoms with E-state index in [0.717, 1.165) is 25.7 Å². The van der Waals surface area contributed by atoms with Gasteiger partial charge in [-0.3, -0.25) is 4.79 Å². The fourth-order valence-corrected chi connectivity index (χ4v) is 2.50. The van der Waals surface area contributed by atoms with Gasteiger partial charge in [0.1, 0.15) is 6.10 Å². The molecular weight excluding hydrogens is 216 g/mol. The van der Waals surface area contributed by atoms with Gasteiger partial charge in [-0.05, 0) is 38.5 Å². The second-order valence-electron chi connectivity index (χ2n) is 5.16. The average molecular weight is 242 g/mol. The Morgan fingerprint density at radius 3 is 1.76 bits per heavy atom. The highest BCUT2D eigenvalue weighted by molar-refractivity contribution is 5.66. The predicted molar refractivity (Wildman–Crippen MR) is 67.7 cm³/mol. The number of carbonyl (C=O) groups excluding carboxylic acids is 1. The summed E-state index contributed by atoms with van der Waals surface area (Å²) in [4.78, 5) is 10.5. The van der Waals surface area contributed by atoms with Crippen molar-refractivity contribution in [3.8, 4) is 0 Å². The van der Waals surface area contributed by atoms with E-state index < -0.39 is 0 Å². The molecule has 3 heteroatoms. The lowest BCUT2D eigenvalue weighted by Gasteiger charge is -2.20. The van der Waals surface area contributed by atoms with Crippen molar-refractivity contribution < 1.29 is 14.6 Å².